The van der Waals surface area contributed by atoms with Gasteiger partial charge in [-0.3, -0.25) is 19.9 Å². The van der Waals surface area contributed by atoms with E-state index in [1.807, 2.05) is 30.6 Å². The van der Waals surface area contributed by atoms with E-state index in [0.717, 1.165) is 86.8 Å². The maximum atomic E-state index is 12.6. The first kappa shape index (κ1) is 22.4. The third kappa shape index (κ3) is 4.02. The van der Waals surface area contributed by atoms with Crippen LogP contribution in [0, 0.1) is 5.92 Å². The van der Waals surface area contributed by atoms with Gasteiger partial charge in [0.1, 0.15) is 5.69 Å². The van der Waals surface area contributed by atoms with Crippen molar-refractivity contribution in [3.8, 4) is 33.6 Å². The number of carbonyl (C=O) groups is 1. The third-order valence-electron chi connectivity index (χ3n) is 7.52. The fourth-order valence-electron chi connectivity index (χ4n) is 5.55. The summed E-state index contributed by atoms with van der Waals surface area (Å²) in [5.74, 6) is 0.206. The molecule has 4 heterocycles. The number of hydrogen-bond donors (Lipinski definition) is 3. The van der Waals surface area contributed by atoms with E-state index < -0.39 is 0 Å². The van der Waals surface area contributed by atoms with E-state index in [-0.39, 0.29) is 11.8 Å². The number of carbonyl (C=O) groups excluding carboxylic acids is 1. The van der Waals surface area contributed by atoms with Gasteiger partial charge in [-0.05, 0) is 60.4 Å². The molecule has 2 aromatic carbocycles. The van der Waals surface area contributed by atoms with E-state index in [9.17, 15) is 4.79 Å². The number of hydrogen-bond acceptors (Lipinski definition) is 4. The third-order valence-corrected chi connectivity index (χ3v) is 7.52. The monoisotopic (exact) mass is 498 g/mol. The standard InChI is InChI=1S/C31H26N6O/c38-31(19-5-1-2-6-19)34-23-13-22(17-33-18-23)20-10-11-28-26(14-20)30(37-36-28)29-15-25-24(8-3-9-27(25)35-29)21-7-4-12-32-16-21/h3-4,7-19,35H,1-2,5-6H2,(H,34,38)(H,36,37). The molecule has 0 aliphatic heterocycles. The molecule has 7 rings (SSSR count). The summed E-state index contributed by atoms with van der Waals surface area (Å²) >= 11 is 0. The van der Waals surface area contributed by atoms with Gasteiger partial charge in [0.25, 0.3) is 0 Å². The Labute approximate surface area is 219 Å². The average Bonchev–Trinajstić information content (AvgIpc) is 3.73. The van der Waals surface area contributed by atoms with Crippen molar-refractivity contribution < 1.29 is 4.79 Å². The Bertz CT molecular complexity index is 1780. The minimum atomic E-state index is 0.0958. The van der Waals surface area contributed by atoms with Crippen LogP contribution in [0.15, 0.2) is 85.5 Å². The Hall–Kier alpha value is -4.78. The predicted molar refractivity (Wildman–Crippen MR) is 150 cm³/mol. The molecule has 0 radical (unpaired) electrons. The minimum Gasteiger partial charge on any atom is -0.353 e. The zero-order valence-electron chi connectivity index (χ0n) is 20.7. The zero-order chi connectivity index (χ0) is 25.5. The van der Waals surface area contributed by atoms with Gasteiger partial charge in [0.2, 0.25) is 5.91 Å². The number of rotatable bonds is 5. The Kier molecular flexibility index (Phi) is 5.47. The molecule has 0 spiro atoms. The van der Waals surface area contributed by atoms with Crippen molar-refractivity contribution in [2.75, 3.05) is 5.32 Å². The van der Waals surface area contributed by atoms with Crippen LogP contribution in [-0.4, -0.2) is 31.1 Å². The number of nitrogens with zero attached hydrogens (tertiary/aromatic N) is 3. The summed E-state index contributed by atoms with van der Waals surface area (Å²) in [6.07, 6.45) is 11.4. The predicted octanol–water partition coefficient (Wildman–Crippen LogP) is 6.96. The lowest BCUT2D eigenvalue weighted by molar-refractivity contribution is -0.119. The van der Waals surface area contributed by atoms with Crippen LogP contribution in [0.2, 0.25) is 0 Å². The quantitative estimate of drug-likeness (QED) is 0.239. The van der Waals surface area contributed by atoms with Crippen molar-refractivity contribution in [1.29, 1.82) is 0 Å². The molecule has 0 unspecified atom stereocenters. The molecular weight excluding hydrogens is 472 g/mol. The molecule has 6 aromatic rings. The van der Waals surface area contributed by atoms with Gasteiger partial charge in [0, 0.05) is 51.9 Å². The van der Waals surface area contributed by atoms with Crippen molar-refractivity contribution in [1.82, 2.24) is 25.1 Å². The molecule has 7 heteroatoms. The topological polar surface area (TPSA) is 99.3 Å². The number of nitrogens with one attached hydrogen (secondary N) is 3. The van der Waals surface area contributed by atoms with Crippen LogP contribution in [0.4, 0.5) is 5.69 Å². The number of benzene rings is 2. The normalized spacial score (nSPS) is 13.9. The summed E-state index contributed by atoms with van der Waals surface area (Å²) in [4.78, 5) is 24.9. The molecule has 38 heavy (non-hydrogen) atoms. The van der Waals surface area contributed by atoms with Crippen LogP contribution in [-0.2, 0) is 4.79 Å². The van der Waals surface area contributed by atoms with E-state index in [4.69, 9.17) is 0 Å². The lowest BCUT2D eigenvalue weighted by Gasteiger charge is -2.11. The molecule has 1 aliphatic rings. The molecular formula is C31H26N6O. The fraction of sp³-hybridized carbons (Fsp3) is 0.161. The Morgan fingerprint density at radius 3 is 2.58 bits per heavy atom. The summed E-state index contributed by atoms with van der Waals surface area (Å²) in [5.41, 5.74) is 8.67. The highest BCUT2D eigenvalue weighted by Crippen LogP contribution is 2.35. The van der Waals surface area contributed by atoms with E-state index >= 15 is 0 Å². The van der Waals surface area contributed by atoms with Crippen molar-refractivity contribution in [2.24, 2.45) is 5.92 Å². The second-order valence-electron chi connectivity index (χ2n) is 9.96. The lowest BCUT2D eigenvalue weighted by atomic mass is 10.0. The first-order valence-corrected chi connectivity index (χ1v) is 13.0. The molecule has 1 aliphatic carbocycles. The highest BCUT2D eigenvalue weighted by molar-refractivity contribution is 6.02. The second kappa shape index (κ2) is 9.27. The maximum absolute atomic E-state index is 12.6. The van der Waals surface area contributed by atoms with Gasteiger partial charge in [0.15, 0.2) is 0 Å². The number of fused-ring (bicyclic) bond motifs is 2. The van der Waals surface area contributed by atoms with Crippen molar-refractivity contribution in [3.63, 3.8) is 0 Å². The molecule has 1 saturated carbocycles. The van der Waals surface area contributed by atoms with Gasteiger partial charge in [-0.1, -0.05) is 37.1 Å². The van der Waals surface area contributed by atoms with Crippen molar-refractivity contribution in [2.45, 2.75) is 25.7 Å². The summed E-state index contributed by atoms with van der Waals surface area (Å²) in [7, 11) is 0. The zero-order valence-corrected chi connectivity index (χ0v) is 20.7. The number of pyridine rings is 2. The first-order valence-electron chi connectivity index (χ1n) is 13.0. The number of aromatic nitrogens is 5. The van der Waals surface area contributed by atoms with Crippen LogP contribution in [0.5, 0.6) is 0 Å². The molecule has 0 bridgehead atoms. The van der Waals surface area contributed by atoms with E-state index in [1.54, 1.807) is 12.4 Å². The summed E-state index contributed by atoms with van der Waals surface area (Å²) < 4.78 is 0. The van der Waals surface area contributed by atoms with Crippen LogP contribution in [0.25, 0.3) is 55.4 Å². The fourth-order valence-corrected chi connectivity index (χ4v) is 5.55. The number of H-pyrrole nitrogens is 2. The summed E-state index contributed by atoms with van der Waals surface area (Å²) in [6, 6.07) is 20.6. The highest BCUT2D eigenvalue weighted by Gasteiger charge is 2.23. The molecule has 186 valence electrons. The average molecular weight is 499 g/mol. The molecule has 1 fully saturated rings. The minimum absolute atomic E-state index is 0.0958. The summed E-state index contributed by atoms with van der Waals surface area (Å²) in [6.45, 7) is 0. The van der Waals surface area contributed by atoms with Crippen molar-refractivity contribution >= 4 is 33.4 Å². The lowest BCUT2D eigenvalue weighted by Crippen LogP contribution is -2.20. The first-order chi connectivity index (χ1) is 18.7. The van der Waals surface area contributed by atoms with E-state index in [0.29, 0.717) is 0 Å². The second-order valence-corrected chi connectivity index (χ2v) is 9.96. The Morgan fingerprint density at radius 1 is 0.816 bits per heavy atom. The van der Waals surface area contributed by atoms with Gasteiger partial charge in [0.05, 0.1) is 23.1 Å². The molecule has 4 aromatic heterocycles. The highest BCUT2D eigenvalue weighted by atomic mass is 16.1. The molecule has 7 nitrogen and oxygen atoms in total. The van der Waals surface area contributed by atoms with Gasteiger partial charge >= 0.3 is 0 Å². The SMILES string of the molecule is O=C(Nc1cncc(-c2ccc3[nH]nc(-c4cc5c(-c6cccnc6)cccc5[nH]4)c3c2)c1)C1CCCC1. The Morgan fingerprint density at radius 2 is 1.71 bits per heavy atom. The van der Waals surface area contributed by atoms with Gasteiger partial charge in [-0.2, -0.15) is 5.10 Å². The van der Waals surface area contributed by atoms with Crippen LogP contribution in [0.1, 0.15) is 25.7 Å². The maximum Gasteiger partial charge on any atom is 0.227 e. The van der Waals surface area contributed by atoms with Crippen LogP contribution in [0.3, 0.4) is 0 Å². The van der Waals surface area contributed by atoms with E-state index in [2.05, 4.69) is 72.9 Å². The smallest absolute Gasteiger partial charge is 0.227 e. The number of aromatic amines is 2. The number of amides is 1. The van der Waals surface area contributed by atoms with Crippen molar-refractivity contribution in [3.05, 3.63) is 85.5 Å². The van der Waals surface area contributed by atoms with Crippen LogP contribution < -0.4 is 5.32 Å². The Balaban J connectivity index is 1.25. The molecule has 3 N–H and O–H groups in total. The molecule has 0 saturated heterocycles. The molecule has 0 atom stereocenters. The van der Waals surface area contributed by atoms with E-state index in [1.165, 1.54) is 0 Å². The summed E-state index contributed by atoms with van der Waals surface area (Å²) in [5, 5.41) is 13.0. The van der Waals surface area contributed by atoms with Crippen LogP contribution >= 0.6 is 0 Å². The molecule has 1 amide bonds. The number of anilines is 1. The van der Waals surface area contributed by atoms with Gasteiger partial charge < -0.3 is 10.3 Å². The van der Waals surface area contributed by atoms with Gasteiger partial charge in [-0.25, -0.2) is 0 Å². The van der Waals surface area contributed by atoms with Gasteiger partial charge in [-0.15, -0.1) is 0 Å². The largest absolute Gasteiger partial charge is 0.353 e.